The van der Waals surface area contributed by atoms with Gasteiger partial charge in [0, 0.05) is 18.9 Å². The number of nitrogens with zero attached hydrogens (tertiary/aromatic N) is 3. The van der Waals surface area contributed by atoms with Gasteiger partial charge in [-0.2, -0.15) is 5.21 Å². The Bertz CT molecular complexity index is 999. The third kappa shape index (κ3) is 2.68. The number of H-pyrrole nitrogens is 1. The van der Waals surface area contributed by atoms with Gasteiger partial charge < -0.3 is 4.74 Å². The van der Waals surface area contributed by atoms with Crippen molar-refractivity contribution in [2.24, 2.45) is 17.8 Å². The van der Waals surface area contributed by atoms with Crippen molar-refractivity contribution in [3.05, 3.63) is 66.0 Å². The molecule has 4 aliphatic rings. The van der Waals surface area contributed by atoms with Crippen LogP contribution in [0.4, 0.5) is 0 Å². The summed E-state index contributed by atoms with van der Waals surface area (Å²) in [4.78, 5) is 0. The standard InChI is InChI=1S/C25H28N4O/c1-30-24-13-17-11-21(14-24)25(22(12-17)15-24,16-23-26-28-29-27-23)20-9-7-19(8-10-20)18-5-3-2-4-6-18/h2-10,17,21-22H,11-16H2,1H3,(H,26,27,28,29)/t17?,21-,22+,24?,25?. The normalized spacial score (nSPS) is 34.4. The summed E-state index contributed by atoms with van der Waals surface area (Å²) in [6, 6.07) is 19.9. The predicted molar refractivity (Wildman–Crippen MR) is 115 cm³/mol. The van der Waals surface area contributed by atoms with Gasteiger partial charge in [-0.05, 0) is 66.5 Å². The number of nitrogens with one attached hydrogen (secondary N) is 1. The van der Waals surface area contributed by atoms with Crippen LogP contribution >= 0.6 is 0 Å². The second-order valence-electron chi connectivity index (χ2n) is 9.72. The first kappa shape index (κ1) is 18.3. The smallest absolute Gasteiger partial charge is 0.175 e. The van der Waals surface area contributed by atoms with E-state index in [2.05, 4.69) is 75.2 Å². The van der Waals surface area contributed by atoms with Crippen LogP contribution in [0, 0.1) is 17.8 Å². The van der Waals surface area contributed by atoms with E-state index in [0.29, 0.717) is 11.8 Å². The Kier molecular flexibility index (Phi) is 4.10. The van der Waals surface area contributed by atoms with E-state index in [0.717, 1.165) is 31.0 Å². The van der Waals surface area contributed by atoms with Gasteiger partial charge in [0.05, 0.1) is 5.60 Å². The molecule has 0 radical (unpaired) electrons. The molecule has 0 spiro atoms. The highest BCUT2D eigenvalue weighted by Gasteiger charge is 2.63. The number of aromatic amines is 1. The molecule has 5 nitrogen and oxygen atoms in total. The van der Waals surface area contributed by atoms with Gasteiger partial charge in [-0.1, -0.05) is 59.8 Å². The van der Waals surface area contributed by atoms with Crippen LogP contribution in [0.3, 0.4) is 0 Å². The van der Waals surface area contributed by atoms with E-state index in [9.17, 15) is 0 Å². The number of aromatic nitrogens is 4. The highest BCUT2D eigenvalue weighted by molar-refractivity contribution is 5.63. The molecule has 4 aliphatic carbocycles. The summed E-state index contributed by atoms with van der Waals surface area (Å²) in [5.74, 6) is 2.83. The molecule has 4 saturated carbocycles. The summed E-state index contributed by atoms with van der Waals surface area (Å²) in [5, 5.41) is 15.2. The van der Waals surface area contributed by atoms with Gasteiger partial charge in [-0.15, -0.1) is 10.2 Å². The average molecular weight is 401 g/mol. The van der Waals surface area contributed by atoms with Gasteiger partial charge in [-0.25, -0.2) is 0 Å². The van der Waals surface area contributed by atoms with Crippen LogP contribution in [0.5, 0.6) is 0 Å². The van der Waals surface area contributed by atoms with E-state index < -0.39 is 0 Å². The molecule has 0 amide bonds. The summed E-state index contributed by atoms with van der Waals surface area (Å²) in [6.07, 6.45) is 6.97. The molecule has 4 fully saturated rings. The van der Waals surface area contributed by atoms with Crippen LogP contribution in [0.15, 0.2) is 54.6 Å². The molecule has 3 aromatic rings. The lowest BCUT2D eigenvalue weighted by atomic mass is 9.41. The van der Waals surface area contributed by atoms with Gasteiger partial charge in [-0.3, -0.25) is 0 Å². The number of ether oxygens (including phenoxy) is 1. The van der Waals surface area contributed by atoms with E-state index in [4.69, 9.17) is 4.74 Å². The molecule has 7 rings (SSSR count). The number of methoxy groups -OCH3 is 1. The van der Waals surface area contributed by atoms with Crippen LogP contribution in [0.25, 0.3) is 11.1 Å². The lowest BCUT2D eigenvalue weighted by Gasteiger charge is -2.65. The average Bonchev–Trinajstić information content (AvgIpc) is 3.30. The zero-order valence-corrected chi connectivity index (χ0v) is 17.4. The van der Waals surface area contributed by atoms with Crippen LogP contribution < -0.4 is 0 Å². The molecule has 0 aliphatic heterocycles. The second-order valence-corrected chi connectivity index (χ2v) is 9.72. The minimum absolute atomic E-state index is 0.0675. The fourth-order valence-corrected chi connectivity index (χ4v) is 7.26. The number of benzene rings is 2. The first-order chi connectivity index (χ1) is 14.7. The highest BCUT2D eigenvalue weighted by atomic mass is 16.5. The van der Waals surface area contributed by atoms with Crippen LogP contribution in [-0.4, -0.2) is 33.3 Å². The molecular formula is C25H28N4O. The van der Waals surface area contributed by atoms with Crippen molar-refractivity contribution < 1.29 is 4.74 Å². The topological polar surface area (TPSA) is 63.7 Å². The van der Waals surface area contributed by atoms with Crippen LogP contribution in [0.2, 0.25) is 0 Å². The highest BCUT2D eigenvalue weighted by Crippen LogP contribution is 2.65. The van der Waals surface area contributed by atoms with Crippen molar-refractivity contribution in [3.8, 4) is 11.1 Å². The molecule has 3 unspecified atom stereocenters. The fourth-order valence-electron chi connectivity index (χ4n) is 7.26. The van der Waals surface area contributed by atoms with E-state index in [1.54, 1.807) is 0 Å². The van der Waals surface area contributed by atoms with Crippen molar-refractivity contribution in [1.82, 2.24) is 20.6 Å². The quantitative estimate of drug-likeness (QED) is 0.681. The lowest BCUT2D eigenvalue weighted by Crippen LogP contribution is -2.63. The van der Waals surface area contributed by atoms with E-state index >= 15 is 0 Å². The Morgan fingerprint density at radius 1 is 0.933 bits per heavy atom. The monoisotopic (exact) mass is 400 g/mol. The van der Waals surface area contributed by atoms with E-state index in [-0.39, 0.29) is 11.0 Å². The molecule has 1 heterocycles. The Balaban J connectivity index is 1.43. The summed E-state index contributed by atoms with van der Waals surface area (Å²) in [7, 11) is 1.92. The Morgan fingerprint density at radius 2 is 1.63 bits per heavy atom. The first-order valence-electron chi connectivity index (χ1n) is 11.1. The van der Waals surface area contributed by atoms with Gasteiger partial charge in [0.2, 0.25) is 0 Å². The van der Waals surface area contributed by atoms with Gasteiger partial charge in [0.15, 0.2) is 5.82 Å². The first-order valence-corrected chi connectivity index (χ1v) is 11.1. The van der Waals surface area contributed by atoms with Crippen molar-refractivity contribution in [2.75, 3.05) is 7.11 Å². The Morgan fingerprint density at radius 3 is 2.27 bits per heavy atom. The van der Waals surface area contributed by atoms with Crippen molar-refractivity contribution >= 4 is 0 Å². The zero-order chi connectivity index (χ0) is 20.2. The number of rotatable bonds is 5. The Hall–Kier alpha value is -2.53. The van der Waals surface area contributed by atoms with Crippen LogP contribution in [-0.2, 0) is 16.6 Å². The SMILES string of the molecule is COC12CC3C[C@H](C1)C(Cc1nn[nH]n1)(c1ccc(-c4ccccc4)cc1)[C@@H](C3)C2. The molecule has 30 heavy (non-hydrogen) atoms. The summed E-state index contributed by atoms with van der Waals surface area (Å²) in [5.41, 5.74) is 4.12. The summed E-state index contributed by atoms with van der Waals surface area (Å²) < 4.78 is 6.14. The largest absolute Gasteiger partial charge is 0.378 e. The Labute approximate surface area is 177 Å². The maximum absolute atomic E-state index is 6.14. The van der Waals surface area contributed by atoms with E-state index in [1.165, 1.54) is 36.0 Å². The molecule has 5 atom stereocenters. The van der Waals surface area contributed by atoms with Crippen LogP contribution in [0.1, 0.15) is 43.5 Å². The van der Waals surface area contributed by atoms with Gasteiger partial charge in [0.1, 0.15) is 0 Å². The fraction of sp³-hybridized carbons (Fsp3) is 0.480. The third-order valence-electron chi connectivity index (χ3n) is 8.39. The lowest BCUT2D eigenvalue weighted by molar-refractivity contribution is -0.180. The number of hydrogen-bond acceptors (Lipinski definition) is 4. The molecule has 1 aromatic heterocycles. The van der Waals surface area contributed by atoms with Crippen molar-refractivity contribution in [2.45, 2.75) is 49.5 Å². The minimum Gasteiger partial charge on any atom is -0.378 e. The summed E-state index contributed by atoms with van der Waals surface area (Å²) >= 11 is 0. The summed E-state index contributed by atoms with van der Waals surface area (Å²) in [6.45, 7) is 0. The second kappa shape index (κ2) is 6.74. The molecule has 2 aromatic carbocycles. The third-order valence-corrected chi connectivity index (χ3v) is 8.39. The maximum Gasteiger partial charge on any atom is 0.175 e. The molecule has 4 bridgehead atoms. The zero-order valence-electron chi connectivity index (χ0n) is 17.4. The van der Waals surface area contributed by atoms with Crippen molar-refractivity contribution in [3.63, 3.8) is 0 Å². The molecule has 1 N–H and O–H groups in total. The molecular weight excluding hydrogens is 372 g/mol. The van der Waals surface area contributed by atoms with Crippen molar-refractivity contribution in [1.29, 1.82) is 0 Å². The predicted octanol–water partition coefficient (Wildman–Crippen LogP) is 4.57. The van der Waals surface area contributed by atoms with Gasteiger partial charge >= 0.3 is 0 Å². The number of tetrazole rings is 1. The number of hydrogen-bond donors (Lipinski definition) is 1. The van der Waals surface area contributed by atoms with E-state index in [1.807, 2.05) is 7.11 Å². The minimum atomic E-state index is 0.0675. The maximum atomic E-state index is 6.14. The molecule has 154 valence electrons. The molecule has 0 saturated heterocycles. The van der Waals surface area contributed by atoms with Gasteiger partial charge in [0.25, 0.3) is 0 Å². The molecule has 5 heteroatoms.